The van der Waals surface area contributed by atoms with Crippen molar-refractivity contribution >= 4 is 17.2 Å². The molecule has 1 amide bonds. The van der Waals surface area contributed by atoms with E-state index in [1.807, 2.05) is 0 Å². The van der Waals surface area contributed by atoms with Crippen LogP contribution in [0, 0.1) is 12.7 Å². The van der Waals surface area contributed by atoms with Crippen LogP contribution in [0.3, 0.4) is 0 Å². The van der Waals surface area contributed by atoms with Crippen LogP contribution in [0.25, 0.3) is 16.9 Å². The van der Waals surface area contributed by atoms with Gasteiger partial charge in [-0.3, -0.25) is 9.20 Å². The number of anilines is 1. The third-order valence-corrected chi connectivity index (χ3v) is 6.46. The molecule has 2 aromatic carbocycles. The summed E-state index contributed by atoms with van der Waals surface area (Å²) in [5, 5.41) is 5.42. The monoisotopic (exact) mass is 560 g/mol. The SMILES string of the molecule is COc1ccc(Oc2cc(NCCC(F)(F)F)c3ncc(-c4ccc(C(=O)N[C@H]5C[C@@H]5F)c(C)c4)n3c2)cc1F. The number of rotatable bonds is 9. The van der Waals surface area contributed by atoms with Gasteiger partial charge in [0.15, 0.2) is 17.2 Å². The number of fused-ring (bicyclic) bond motifs is 1. The number of carbonyl (C=O) groups excluding carboxylic acids is 1. The number of ether oxygens (including phenoxy) is 2. The Balaban J connectivity index is 1.49. The summed E-state index contributed by atoms with van der Waals surface area (Å²) in [5.41, 5.74) is 2.90. The van der Waals surface area contributed by atoms with E-state index in [9.17, 15) is 26.7 Å². The minimum atomic E-state index is -4.35. The second-order valence-electron chi connectivity index (χ2n) is 9.48. The van der Waals surface area contributed by atoms with Crippen molar-refractivity contribution in [3.8, 4) is 28.5 Å². The van der Waals surface area contributed by atoms with Gasteiger partial charge in [0.05, 0.1) is 43.3 Å². The summed E-state index contributed by atoms with van der Waals surface area (Å²) in [6.45, 7) is 1.35. The molecule has 4 aromatic rings. The molecule has 0 spiro atoms. The fourth-order valence-electron chi connectivity index (χ4n) is 4.28. The van der Waals surface area contributed by atoms with Crippen LogP contribution in [0.4, 0.5) is 27.6 Å². The van der Waals surface area contributed by atoms with Crippen LogP contribution in [0.5, 0.6) is 17.2 Å². The smallest absolute Gasteiger partial charge is 0.390 e. The maximum atomic E-state index is 14.2. The van der Waals surface area contributed by atoms with Gasteiger partial charge in [-0.25, -0.2) is 13.8 Å². The standard InChI is InChI=1S/C28H25F5N4O3/c1-15-9-16(3-5-19(15)27(38)36-22-12-20(22)29)24-13-35-26-23(34-8-7-28(31,32)33)11-18(14-37(24)26)40-17-4-6-25(39-2)21(30)10-17/h3-6,9-11,13-14,20,22,34H,7-8,12H2,1-2H3,(H,36,38)/t20-,22-/m0/s1. The first-order valence-electron chi connectivity index (χ1n) is 12.4. The highest BCUT2D eigenvalue weighted by atomic mass is 19.4. The third kappa shape index (κ3) is 5.95. The zero-order valence-corrected chi connectivity index (χ0v) is 21.5. The van der Waals surface area contributed by atoms with Crippen molar-refractivity contribution < 1.29 is 36.2 Å². The first-order chi connectivity index (χ1) is 19.0. The number of nitrogens with one attached hydrogen (secondary N) is 2. The highest BCUT2D eigenvalue weighted by Crippen LogP contribution is 2.33. The maximum Gasteiger partial charge on any atom is 0.390 e. The highest BCUT2D eigenvalue weighted by Gasteiger charge is 2.39. The van der Waals surface area contributed by atoms with E-state index in [2.05, 4.69) is 15.6 Å². The van der Waals surface area contributed by atoms with Crippen molar-refractivity contribution in [1.82, 2.24) is 14.7 Å². The lowest BCUT2D eigenvalue weighted by Crippen LogP contribution is -2.27. The van der Waals surface area contributed by atoms with Crippen molar-refractivity contribution in [2.45, 2.75) is 38.2 Å². The van der Waals surface area contributed by atoms with Gasteiger partial charge in [0.1, 0.15) is 17.7 Å². The zero-order valence-electron chi connectivity index (χ0n) is 21.5. The van der Waals surface area contributed by atoms with E-state index in [0.717, 1.165) is 6.07 Å². The van der Waals surface area contributed by atoms with Crippen LogP contribution in [0.1, 0.15) is 28.8 Å². The van der Waals surface area contributed by atoms with E-state index in [1.165, 1.54) is 25.3 Å². The topological polar surface area (TPSA) is 76.9 Å². The molecule has 7 nitrogen and oxygen atoms in total. The van der Waals surface area contributed by atoms with Gasteiger partial charge in [0.2, 0.25) is 0 Å². The van der Waals surface area contributed by atoms with Gasteiger partial charge in [-0.2, -0.15) is 13.2 Å². The quantitative estimate of drug-likeness (QED) is 0.230. The van der Waals surface area contributed by atoms with Crippen LogP contribution >= 0.6 is 0 Å². The Morgan fingerprint density at radius 1 is 1.15 bits per heavy atom. The number of hydrogen-bond donors (Lipinski definition) is 2. The molecule has 2 N–H and O–H groups in total. The number of imidazole rings is 1. The lowest BCUT2D eigenvalue weighted by Gasteiger charge is -2.14. The Bertz CT molecular complexity index is 1570. The molecule has 1 aliphatic rings. The fraction of sp³-hybridized carbons (Fsp3) is 0.286. The van der Waals surface area contributed by atoms with Crippen LogP contribution in [0.2, 0.25) is 0 Å². The molecule has 1 saturated carbocycles. The van der Waals surface area contributed by atoms with Crippen LogP contribution < -0.4 is 20.1 Å². The number of halogens is 5. The zero-order chi connectivity index (χ0) is 28.6. The van der Waals surface area contributed by atoms with Crippen molar-refractivity contribution in [3.63, 3.8) is 0 Å². The fourth-order valence-corrected chi connectivity index (χ4v) is 4.28. The summed E-state index contributed by atoms with van der Waals surface area (Å²) < 4.78 is 78.3. The van der Waals surface area contributed by atoms with Gasteiger partial charge < -0.3 is 20.1 Å². The Kier molecular flexibility index (Phi) is 7.26. The first-order valence-corrected chi connectivity index (χ1v) is 12.4. The lowest BCUT2D eigenvalue weighted by molar-refractivity contribution is -0.131. The summed E-state index contributed by atoms with van der Waals surface area (Å²) >= 11 is 0. The number of carbonyl (C=O) groups is 1. The van der Waals surface area contributed by atoms with Crippen molar-refractivity contribution in [2.75, 3.05) is 19.0 Å². The largest absolute Gasteiger partial charge is 0.494 e. The van der Waals surface area contributed by atoms with Crippen LogP contribution in [0.15, 0.2) is 54.9 Å². The Morgan fingerprint density at radius 2 is 1.93 bits per heavy atom. The molecular weight excluding hydrogens is 535 g/mol. The average molecular weight is 561 g/mol. The number of aromatic nitrogens is 2. The van der Waals surface area contributed by atoms with E-state index in [1.54, 1.807) is 41.9 Å². The van der Waals surface area contributed by atoms with E-state index >= 15 is 0 Å². The van der Waals surface area contributed by atoms with E-state index in [0.29, 0.717) is 34.5 Å². The molecule has 12 heteroatoms. The number of nitrogens with zero attached hydrogens (tertiary/aromatic N) is 2. The predicted molar refractivity (Wildman–Crippen MR) is 138 cm³/mol. The molecule has 0 aliphatic heterocycles. The Morgan fingerprint density at radius 3 is 2.58 bits per heavy atom. The molecule has 210 valence electrons. The average Bonchev–Trinajstić information content (AvgIpc) is 3.40. The molecule has 40 heavy (non-hydrogen) atoms. The minimum absolute atomic E-state index is 0.0309. The molecule has 1 aliphatic carbocycles. The summed E-state index contributed by atoms with van der Waals surface area (Å²) in [7, 11) is 1.33. The maximum absolute atomic E-state index is 14.2. The molecule has 0 bridgehead atoms. The Hall–Kier alpha value is -4.35. The number of benzene rings is 2. The van der Waals surface area contributed by atoms with Gasteiger partial charge in [-0.15, -0.1) is 0 Å². The highest BCUT2D eigenvalue weighted by molar-refractivity contribution is 5.96. The van der Waals surface area contributed by atoms with E-state index in [4.69, 9.17) is 9.47 Å². The van der Waals surface area contributed by atoms with Crippen molar-refractivity contribution in [3.05, 3.63) is 71.8 Å². The van der Waals surface area contributed by atoms with Crippen LogP contribution in [-0.2, 0) is 0 Å². The number of methoxy groups -OCH3 is 1. The van der Waals surface area contributed by atoms with E-state index < -0.39 is 37.2 Å². The normalized spacial score (nSPS) is 16.6. The van der Waals surface area contributed by atoms with Crippen molar-refractivity contribution in [1.29, 1.82) is 0 Å². The number of alkyl halides is 4. The molecule has 2 aromatic heterocycles. The second-order valence-corrected chi connectivity index (χ2v) is 9.48. The Labute approximate surface area is 225 Å². The predicted octanol–water partition coefficient (Wildman–Crippen LogP) is 6.45. The summed E-state index contributed by atoms with van der Waals surface area (Å²) in [4.78, 5) is 16.9. The van der Waals surface area contributed by atoms with Gasteiger partial charge in [0.25, 0.3) is 5.91 Å². The van der Waals surface area contributed by atoms with Gasteiger partial charge in [0, 0.05) is 36.2 Å². The lowest BCUT2D eigenvalue weighted by atomic mass is 10.0. The van der Waals surface area contributed by atoms with Gasteiger partial charge in [-0.1, -0.05) is 6.07 Å². The van der Waals surface area contributed by atoms with Crippen LogP contribution in [-0.4, -0.2) is 47.3 Å². The molecule has 2 atom stereocenters. The van der Waals surface area contributed by atoms with Gasteiger partial charge in [-0.05, 0) is 36.8 Å². The number of aryl methyl sites for hydroxylation is 1. The van der Waals surface area contributed by atoms with Gasteiger partial charge >= 0.3 is 6.18 Å². The molecule has 2 heterocycles. The minimum Gasteiger partial charge on any atom is -0.494 e. The number of pyridine rings is 1. The summed E-state index contributed by atoms with van der Waals surface area (Å²) in [6.07, 6.45) is -3.00. The molecule has 1 fully saturated rings. The molecule has 0 radical (unpaired) electrons. The van der Waals surface area contributed by atoms with E-state index in [-0.39, 0.29) is 28.8 Å². The molecule has 5 rings (SSSR count). The second kappa shape index (κ2) is 10.7. The molecule has 0 unspecified atom stereocenters. The van der Waals surface area contributed by atoms with Crippen molar-refractivity contribution in [2.24, 2.45) is 0 Å². The summed E-state index contributed by atoms with van der Waals surface area (Å²) in [6, 6.07) is 10.1. The number of amides is 1. The summed E-state index contributed by atoms with van der Waals surface area (Å²) in [5.74, 6) is -0.618. The molecular formula is C28H25F5N4O3. The number of hydrogen-bond acceptors (Lipinski definition) is 5. The third-order valence-electron chi connectivity index (χ3n) is 6.46. The molecule has 0 saturated heterocycles. The first kappa shape index (κ1) is 27.2.